The summed E-state index contributed by atoms with van der Waals surface area (Å²) in [7, 11) is 0. The molecule has 4 nitrogen and oxygen atoms in total. The van der Waals surface area contributed by atoms with Crippen LogP contribution < -0.4 is 5.43 Å². The fourth-order valence-electron chi connectivity index (χ4n) is 1.67. The Morgan fingerprint density at radius 3 is 2.61 bits per heavy atom. The van der Waals surface area contributed by atoms with E-state index in [-0.39, 0.29) is 16.3 Å². The summed E-state index contributed by atoms with van der Waals surface area (Å²) in [6.45, 7) is 0. The smallest absolute Gasteiger partial charge is 0.416 e. The predicted octanol–water partition coefficient (Wildman–Crippen LogP) is 3.83. The lowest BCUT2D eigenvalue weighted by molar-refractivity contribution is -0.137. The number of halogens is 4. The monoisotopic (exact) mass is 342 g/mol. The van der Waals surface area contributed by atoms with Gasteiger partial charge in [-0.3, -0.25) is 4.79 Å². The molecule has 2 aromatic rings. The molecule has 0 spiro atoms. The molecule has 0 aliphatic rings. The van der Waals surface area contributed by atoms with Crippen molar-refractivity contribution in [2.75, 3.05) is 0 Å². The highest BCUT2D eigenvalue weighted by molar-refractivity contribution is 6.32. The summed E-state index contributed by atoms with van der Waals surface area (Å²) in [5.74, 6) is -0.881. The third kappa shape index (κ3) is 4.46. The molecule has 0 radical (unpaired) electrons. The van der Waals surface area contributed by atoms with Gasteiger partial charge < -0.3 is 5.11 Å². The minimum absolute atomic E-state index is 0.100. The summed E-state index contributed by atoms with van der Waals surface area (Å²) in [4.78, 5) is 11.8. The van der Waals surface area contributed by atoms with Crippen molar-refractivity contribution in [3.8, 4) is 5.75 Å². The maximum Gasteiger partial charge on any atom is 0.416 e. The van der Waals surface area contributed by atoms with Gasteiger partial charge in [0.2, 0.25) is 0 Å². The molecule has 0 aliphatic heterocycles. The van der Waals surface area contributed by atoms with Crippen LogP contribution in [0.1, 0.15) is 21.5 Å². The van der Waals surface area contributed by atoms with E-state index in [1.54, 1.807) is 0 Å². The topological polar surface area (TPSA) is 61.7 Å². The highest BCUT2D eigenvalue weighted by atomic mass is 35.5. The van der Waals surface area contributed by atoms with E-state index in [0.717, 1.165) is 18.2 Å². The second-order valence-electron chi connectivity index (χ2n) is 4.49. The molecule has 0 unspecified atom stereocenters. The van der Waals surface area contributed by atoms with Crippen molar-refractivity contribution in [2.45, 2.75) is 6.18 Å². The Bertz CT molecular complexity index is 761. The molecule has 2 aromatic carbocycles. The Balaban J connectivity index is 2.07. The van der Waals surface area contributed by atoms with E-state index in [9.17, 15) is 23.1 Å². The molecular formula is C15H10ClF3N2O2. The van der Waals surface area contributed by atoms with Gasteiger partial charge in [0.1, 0.15) is 5.75 Å². The van der Waals surface area contributed by atoms with Crippen LogP contribution in [-0.2, 0) is 6.18 Å². The summed E-state index contributed by atoms with van der Waals surface area (Å²) in [5.41, 5.74) is 1.53. The maximum atomic E-state index is 12.6. The number of nitrogens with one attached hydrogen (secondary N) is 1. The van der Waals surface area contributed by atoms with E-state index in [1.807, 2.05) is 0 Å². The summed E-state index contributed by atoms with van der Waals surface area (Å²) in [5, 5.41) is 13.0. The fraction of sp³-hybridized carbons (Fsp3) is 0.0667. The number of carbonyl (C=O) groups excluding carboxylic acids is 1. The zero-order valence-corrected chi connectivity index (χ0v) is 12.2. The molecule has 0 saturated heterocycles. The van der Waals surface area contributed by atoms with Crippen LogP contribution in [0.3, 0.4) is 0 Å². The van der Waals surface area contributed by atoms with Gasteiger partial charge in [-0.15, -0.1) is 0 Å². The number of hydrogen-bond donors (Lipinski definition) is 2. The quantitative estimate of drug-likeness (QED) is 0.658. The van der Waals surface area contributed by atoms with E-state index in [0.29, 0.717) is 5.56 Å². The molecule has 0 atom stereocenters. The molecule has 23 heavy (non-hydrogen) atoms. The Labute approximate surface area is 134 Å². The maximum absolute atomic E-state index is 12.6. The molecule has 2 rings (SSSR count). The van der Waals surface area contributed by atoms with E-state index >= 15 is 0 Å². The van der Waals surface area contributed by atoms with Gasteiger partial charge in [-0.1, -0.05) is 17.7 Å². The Morgan fingerprint density at radius 1 is 1.22 bits per heavy atom. The van der Waals surface area contributed by atoms with Gasteiger partial charge >= 0.3 is 6.18 Å². The number of alkyl halides is 3. The second-order valence-corrected chi connectivity index (χ2v) is 4.90. The highest BCUT2D eigenvalue weighted by Crippen LogP contribution is 2.29. The molecule has 0 aromatic heterocycles. The van der Waals surface area contributed by atoms with Crippen LogP contribution in [0.4, 0.5) is 13.2 Å². The van der Waals surface area contributed by atoms with Crippen LogP contribution in [0, 0.1) is 0 Å². The van der Waals surface area contributed by atoms with Gasteiger partial charge in [0.25, 0.3) is 5.91 Å². The van der Waals surface area contributed by atoms with E-state index in [4.69, 9.17) is 11.6 Å². The minimum atomic E-state index is -4.53. The Morgan fingerprint density at radius 2 is 1.96 bits per heavy atom. The van der Waals surface area contributed by atoms with E-state index < -0.39 is 17.6 Å². The first kappa shape index (κ1) is 16.8. The molecule has 1 amide bonds. The van der Waals surface area contributed by atoms with Crippen LogP contribution in [0.2, 0.25) is 5.02 Å². The standard InChI is InChI=1S/C15H10ClF3N2O2/c16-12-6-9(4-5-13(12)22)8-20-21-14(23)10-2-1-3-11(7-10)15(17,18)19/h1-8,22H,(H,21,23). The third-order valence-corrected chi connectivity index (χ3v) is 3.11. The largest absolute Gasteiger partial charge is 0.506 e. The number of rotatable bonds is 3. The lowest BCUT2D eigenvalue weighted by Crippen LogP contribution is -2.18. The number of carbonyl (C=O) groups is 1. The SMILES string of the molecule is O=C(NN=Cc1ccc(O)c(Cl)c1)c1cccc(C(F)(F)F)c1. The van der Waals surface area contributed by atoms with Gasteiger partial charge in [0, 0.05) is 5.56 Å². The number of hydrazone groups is 1. The zero-order valence-electron chi connectivity index (χ0n) is 11.4. The van der Waals surface area contributed by atoms with Gasteiger partial charge in [0.15, 0.2) is 0 Å². The molecule has 0 heterocycles. The van der Waals surface area contributed by atoms with E-state index in [2.05, 4.69) is 10.5 Å². The van der Waals surface area contributed by atoms with Crippen molar-refractivity contribution in [1.29, 1.82) is 0 Å². The summed E-state index contributed by atoms with van der Waals surface area (Å²) >= 11 is 5.71. The normalized spacial score (nSPS) is 11.7. The van der Waals surface area contributed by atoms with Gasteiger partial charge in [-0.2, -0.15) is 18.3 Å². The van der Waals surface area contributed by atoms with E-state index in [1.165, 1.54) is 30.5 Å². The first-order valence-electron chi connectivity index (χ1n) is 6.26. The molecule has 0 bridgehead atoms. The number of hydrogen-bond acceptors (Lipinski definition) is 3. The molecular weight excluding hydrogens is 333 g/mol. The summed E-state index contributed by atoms with van der Waals surface area (Å²) < 4.78 is 37.7. The fourth-order valence-corrected chi connectivity index (χ4v) is 1.86. The van der Waals surface area contributed by atoms with Crippen LogP contribution in [0.25, 0.3) is 0 Å². The van der Waals surface area contributed by atoms with Crippen LogP contribution in [0.15, 0.2) is 47.6 Å². The first-order chi connectivity index (χ1) is 10.8. The number of nitrogens with zero attached hydrogens (tertiary/aromatic N) is 1. The zero-order chi connectivity index (χ0) is 17.0. The minimum Gasteiger partial charge on any atom is -0.506 e. The van der Waals surface area contributed by atoms with Crippen molar-refractivity contribution < 1.29 is 23.1 Å². The molecule has 8 heteroatoms. The lowest BCUT2D eigenvalue weighted by Gasteiger charge is -2.07. The molecule has 0 aliphatic carbocycles. The summed E-state index contributed by atoms with van der Waals surface area (Å²) in [6, 6.07) is 8.26. The van der Waals surface area contributed by atoms with Crippen molar-refractivity contribution in [3.63, 3.8) is 0 Å². The van der Waals surface area contributed by atoms with Crippen molar-refractivity contribution in [1.82, 2.24) is 5.43 Å². The average Bonchev–Trinajstić information content (AvgIpc) is 2.50. The molecule has 120 valence electrons. The van der Waals surface area contributed by atoms with Crippen molar-refractivity contribution in [3.05, 3.63) is 64.2 Å². The molecule has 0 fully saturated rings. The Kier molecular flexibility index (Phi) is 4.90. The number of phenols is 1. The van der Waals surface area contributed by atoms with Crippen LogP contribution in [-0.4, -0.2) is 17.2 Å². The molecule has 2 N–H and O–H groups in total. The predicted molar refractivity (Wildman–Crippen MR) is 79.6 cm³/mol. The number of aromatic hydroxyl groups is 1. The third-order valence-electron chi connectivity index (χ3n) is 2.80. The van der Waals surface area contributed by atoms with Gasteiger partial charge in [-0.05, 0) is 42.0 Å². The van der Waals surface area contributed by atoms with Gasteiger partial charge in [-0.25, -0.2) is 5.43 Å². The molecule has 0 saturated carbocycles. The Hall–Kier alpha value is -2.54. The van der Waals surface area contributed by atoms with Crippen LogP contribution >= 0.6 is 11.6 Å². The summed E-state index contributed by atoms with van der Waals surface area (Å²) in [6.07, 6.45) is -3.28. The van der Waals surface area contributed by atoms with Gasteiger partial charge in [0.05, 0.1) is 16.8 Å². The lowest BCUT2D eigenvalue weighted by atomic mass is 10.1. The second kappa shape index (κ2) is 6.70. The number of amides is 1. The van der Waals surface area contributed by atoms with Crippen molar-refractivity contribution in [2.24, 2.45) is 5.10 Å². The number of phenolic OH excluding ortho intramolecular Hbond substituents is 1. The average molecular weight is 343 g/mol. The first-order valence-corrected chi connectivity index (χ1v) is 6.64. The highest BCUT2D eigenvalue weighted by Gasteiger charge is 2.30. The van der Waals surface area contributed by atoms with Crippen LogP contribution in [0.5, 0.6) is 5.75 Å². The van der Waals surface area contributed by atoms with Crippen molar-refractivity contribution >= 4 is 23.7 Å². The number of benzene rings is 2.